The van der Waals surface area contributed by atoms with E-state index in [2.05, 4.69) is 21.9 Å². The lowest BCUT2D eigenvalue weighted by molar-refractivity contribution is -0.136. The van der Waals surface area contributed by atoms with Crippen LogP contribution in [0.25, 0.3) is 0 Å². The Morgan fingerprint density at radius 1 is 1.05 bits per heavy atom. The maximum atomic E-state index is 14.8. The number of nitrogens with two attached hydrogens (primary N) is 1. The molecule has 1 aromatic carbocycles. The number of nitrogens with one attached hydrogen (secondary N) is 1. The number of hydrogen-bond acceptors (Lipinski definition) is 7. The second-order valence-electron chi connectivity index (χ2n) is 10.9. The Morgan fingerprint density at radius 2 is 1.64 bits per heavy atom. The number of urea groups is 1. The van der Waals surface area contributed by atoms with Crippen LogP contribution < -0.4 is 20.9 Å². The van der Waals surface area contributed by atoms with Gasteiger partial charge in [-0.25, -0.2) is 14.8 Å². The number of benzene rings is 1. The molecule has 0 bridgehead atoms. The van der Waals surface area contributed by atoms with Gasteiger partial charge in [0, 0.05) is 63.0 Å². The van der Waals surface area contributed by atoms with Crippen molar-refractivity contribution in [2.24, 2.45) is 11.7 Å². The van der Waals surface area contributed by atoms with Crippen LogP contribution in [-0.2, 0) is 11.2 Å². The van der Waals surface area contributed by atoms with E-state index in [1.54, 1.807) is 4.90 Å². The van der Waals surface area contributed by atoms with Crippen molar-refractivity contribution in [1.82, 2.24) is 14.9 Å². The minimum atomic E-state index is -0.804. The third kappa shape index (κ3) is 9.60. The van der Waals surface area contributed by atoms with Gasteiger partial charge >= 0.3 is 12.0 Å². The predicted octanol–water partition coefficient (Wildman–Crippen LogP) is 5.26. The molecule has 1 aromatic heterocycles. The van der Waals surface area contributed by atoms with Gasteiger partial charge in [0.1, 0.15) is 6.33 Å². The molecule has 0 aliphatic carbocycles. The molecule has 4 rings (SSSR count). The summed E-state index contributed by atoms with van der Waals surface area (Å²) in [5.74, 6) is -0.0581. The van der Waals surface area contributed by atoms with Crippen LogP contribution in [0.5, 0.6) is 0 Å². The molecule has 1 unspecified atom stereocenters. The first-order chi connectivity index (χ1) is 20.2. The highest BCUT2D eigenvalue weighted by Crippen LogP contribution is 2.30. The van der Waals surface area contributed by atoms with Crippen molar-refractivity contribution in [1.29, 1.82) is 0 Å². The molecule has 1 atom stereocenters. The predicted molar refractivity (Wildman–Crippen MR) is 165 cm³/mol. The van der Waals surface area contributed by atoms with E-state index >= 15 is 0 Å². The molecule has 3 heterocycles. The monoisotopic (exact) mass is 583 g/mol. The minimum Gasteiger partial charge on any atom is -0.481 e. The first-order valence-electron chi connectivity index (χ1n) is 15.0. The first-order valence-corrected chi connectivity index (χ1v) is 15.0. The average molecular weight is 584 g/mol. The number of piperidine rings is 1. The van der Waals surface area contributed by atoms with Crippen LogP contribution in [0.1, 0.15) is 64.4 Å². The topological polar surface area (TPSA) is 128 Å². The Balaban J connectivity index is 0.000000230. The van der Waals surface area contributed by atoms with Crippen molar-refractivity contribution in [3.8, 4) is 0 Å². The Kier molecular flexibility index (Phi) is 12.8. The zero-order valence-electron chi connectivity index (χ0n) is 25.0. The number of aryl methyl sites for hydroxylation is 1. The number of carboxylic acid groups (broad SMARTS) is 1. The van der Waals surface area contributed by atoms with Gasteiger partial charge in [-0.05, 0) is 62.6 Å². The second kappa shape index (κ2) is 16.5. The molecule has 42 heavy (non-hydrogen) atoms. The fourth-order valence-electron chi connectivity index (χ4n) is 5.26. The van der Waals surface area contributed by atoms with Crippen molar-refractivity contribution in [3.63, 3.8) is 0 Å². The largest absolute Gasteiger partial charge is 0.481 e. The van der Waals surface area contributed by atoms with Gasteiger partial charge in [0.25, 0.3) is 0 Å². The van der Waals surface area contributed by atoms with Crippen molar-refractivity contribution in [2.75, 3.05) is 54.4 Å². The van der Waals surface area contributed by atoms with Gasteiger partial charge in [-0.1, -0.05) is 32.6 Å². The number of halogens is 1. The smallest absolute Gasteiger partial charge is 0.321 e. The highest BCUT2D eigenvalue weighted by atomic mass is 19.1. The van der Waals surface area contributed by atoms with E-state index in [1.165, 1.54) is 6.33 Å². The van der Waals surface area contributed by atoms with Gasteiger partial charge in [0.15, 0.2) is 11.6 Å². The lowest BCUT2D eigenvalue weighted by atomic mass is 9.96. The van der Waals surface area contributed by atoms with E-state index in [9.17, 15) is 14.0 Å². The number of aromatic nitrogens is 2. The van der Waals surface area contributed by atoms with Crippen LogP contribution in [0.15, 0.2) is 42.9 Å². The summed E-state index contributed by atoms with van der Waals surface area (Å²) in [6, 6.07) is 7.23. The van der Waals surface area contributed by atoms with Crippen LogP contribution in [0.2, 0.25) is 0 Å². The summed E-state index contributed by atoms with van der Waals surface area (Å²) < 4.78 is 14.8. The molecule has 2 saturated heterocycles. The molecular weight excluding hydrogens is 537 g/mol. The van der Waals surface area contributed by atoms with Crippen molar-refractivity contribution in [2.45, 2.75) is 65.2 Å². The first kappa shape index (κ1) is 32.6. The molecule has 10 nitrogen and oxygen atoms in total. The SMILES string of the molecule is C=C(N)C1CCCN(c2ncnc(N3CCCC3)c2F)C1.CCCN(CCC)C(=O)Nc1ccc(CCC(=O)O)cc1. The molecule has 0 spiro atoms. The number of carboxylic acids is 1. The number of carbonyl (C=O) groups is 2. The Labute approximate surface area is 248 Å². The molecule has 0 radical (unpaired) electrons. The number of hydrogen-bond donors (Lipinski definition) is 3. The van der Waals surface area contributed by atoms with Crippen molar-refractivity contribution in [3.05, 3.63) is 54.2 Å². The van der Waals surface area contributed by atoms with E-state index in [4.69, 9.17) is 10.8 Å². The van der Waals surface area contributed by atoms with Crippen LogP contribution in [-0.4, -0.2) is 71.2 Å². The van der Waals surface area contributed by atoms with Crippen LogP contribution in [0, 0.1) is 11.7 Å². The summed E-state index contributed by atoms with van der Waals surface area (Å²) in [5, 5.41) is 11.5. The summed E-state index contributed by atoms with van der Waals surface area (Å²) in [6.45, 7) is 12.6. The highest BCUT2D eigenvalue weighted by Gasteiger charge is 2.27. The average Bonchev–Trinajstić information content (AvgIpc) is 3.52. The lowest BCUT2D eigenvalue weighted by Gasteiger charge is -2.34. The molecule has 2 aromatic rings. The summed E-state index contributed by atoms with van der Waals surface area (Å²) in [5.41, 5.74) is 8.18. The lowest BCUT2D eigenvalue weighted by Crippen LogP contribution is -2.38. The molecular formula is C31H46FN7O3. The molecule has 2 aliphatic heterocycles. The van der Waals surface area contributed by atoms with Gasteiger partial charge in [-0.2, -0.15) is 4.39 Å². The molecule has 230 valence electrons. The van der Waals surface area contributed by atoms with Crippen molar-refractivity contribution >= 4 is 29.3 Å². The van der Waals surface area contributed by atoms with Crippen molar-refractivity contribution < 1.29 is 19.1 Å². The summed E-state index contributed by atoms with van der Waals surface area (Å²) in [6.07, 6.45) is 8.12. The van der Waals surface area contributed by atoms with E-state index in [0.717, 1.165) is 82.5 Å². The van der Waals surface area contributed by atoms with Gasteiger partial charge in [-0.3, -0.25) is 4.79 Å². The number of aliphatic carboxylic acids is 1. The fraction of sp³-hybridized carbons (Fsp3) is 0.548. The Morgan fingerprint density at radius 3 is 2.21 bits per heavy atom. The van der Waals surface area contributed by atoms with E-state index in [0.29, 0.717) is 30.3 Å². The molecule has 11 heteroatoms. The summed E-state index contributed by atoms with van der Waals surface area (Å²) in [4.78, 5) is 36.7. The zero-order chi connectivity index (χ0) is 30.5. The second-order valence-corrected chi connectivity index (χ2v) is 10.9. The van der Waals surface area contributed by atoms with E-state index in [1.807, 2.05) is 47.9 Å². The van der Waals surface area contributed by atoms with Gasteiger partial charge in [0.2, 0.25) is 5.82 Å². The number of amides is 2. The highest BCUT2D eigenvalue weighted by molar-refractivity contribution is 5.89. The Hall–Kier alpha value is -3.89. The number of rotatable bonds is 11. The number of anilines is 3. The molecule has 2 fully saturated rings. The Bertz CT molecular complexity index is 1170. The zero-order valence-corrected chi connectivity index (χ0v) is 25.0. The summed E-state index contributed by atoms with van der Waals surface area (Å²) >= 11 is 0. The summed E-state index contributed by atoms with van der Waals surface area (Å²) in [7, 11) is 0. The van der Waals surface area contributed by atoms with E-state index < -0.39 is 5.97 Å². The minimum absolute atomic E-state index is 0.0861. The fourth-order valence-corrected chi connectivity index (χ4v) is 5.26. The molecule has 2 aliphatic rings. The van der Waals surface area contributed by atoms with Gasteiger partial charge < -0.3 is 30.9 Å². The normalized spacial score (nSPS) is 16.4. The maximum Gasteiger partial charge on any atom is 0.321 e. The van der Waals surface area contributed by atoms with Gasteiger partial charge in [0.05, 0.1) is 0 Å². The molecule has 0 saturated carbocycles. The van der Waals surface area contributed by atoms with Crippen LogP contribution in [0.3, 0.4) is 0 Å². The number of nitrogens with zero attached hydrogens (tertiary/aromatic N) is 5. The molecule has 2 amide bonds. The standard InChI is InChI=1S/C16H24N2O3.C15H22FN5/c1-3-11-18(12-4-2)16(21)17-14-8-5-13(6-9-14)7-10-15(19)20;1-11(17)12-5-4-8-21(9-12)15-13(16)14(18-10-19-15)20-6-2-3-7-20/h5-6,8-9H,3-4,7,10-12H2,1-2H3,(H,17,21)(H,19,20);10,12H,1-9,17H2. The maximum absolute atomic E-state index is 14.8. The van der Waals surface area contributed by atoms with Gasteiger partial charge in [-0.15, -0.1) is 0 Å². The number of carbonyl (C=O) groups excluding carboxylic acids is 1. The van der Waals surface area contributed by atoms with Crippen LogP contribution >= 0.6 is 0 Å². The third-order valence-electron chi connectivity index (χ3n) is 7.51. The molecule has 4 N–H and O–H groups in total. The quantitative estimate of drug-likeness (QED) is 0.327. The van der Waals surface area contributed by atoms with Crippen LogP contribution in [0.4, 0.5) is 26.5 Å². The third-order valence-corrected chi connectivity index (χ3v) is 7.51. The van der Waals surface area contributed by atoms with E-state index in [-0.39, 0.29) is 24.2 Å².